The topological polar surface area (TPSA) is 60.4 Å². The first-order valence-corrected chi connectivity index (χ1v) is 3.85. The quantitative estimate of drug-likeness (QED) is 0.477. The fourth-order valence-electron chi connectivity index (χ4n) is 0.151. The van der Waals surface area contributed by atoms with Crippen LogP contribution in [0.3, 0.4) is 0 Å². The number of ether oxygens (including phenoxy) is 1. The number of carbonyl (C=O) groups is 1. The molecule has 0 radical (unpaired) electrons. The molecule has 0 fully saturated rings. The third kappa shape index (κ3) is 5.42. The third-order valence-corrected chi connectivity index (χ3v) is 0.914. The van der Waals surface area contributed by atoms with Crippen molar-refractivity contribution in [1.82, 2.24) is 0 Å². The summed E-state index contributed by atoms with van der Waals surface area (Å²) in [4.78, 5) is 9.36. The summed E-state index contributed by atoms with van der Waals surface area (Å²) in [5, 5.41) is 0. The second kappa shape index (κ2) is 2.66. The minimum absolute atomic E-state index is 0.0983. The molecule has 0 N–H and O–H groups in total. The maximum Gasteiger partial charge on any atom is 0.294 e. The fraction of sp³-hybridized carbons (Fsp3) is 0.667. The van der Waals surface area contributed by atoms with Gasteiger partial charge in [-0.1, -0.05) is 0 Å². The minimum Gasteiger partial charge on any atom is -0.452 e. The van der Waals surface area contributed by atoms with Gasteiger partial charge in [-0.2, -0.15) is 0 Å². The van der Waals surface area contributed by atoms with E-state index in [4.69, 9.17) is 0 Å². The van der Waals surface area contributed by atoms with E-state index in [-0.39, 0.29) is 6.47 Å². The van der Waals surface area contributed by atoms with Crippen LogP contribution < -0.4 is 0 Å². The van der Waals surface area contributed by atoms with E-state index in [1.807, 2.05) is 0 Å². The van der Waals surface area contributed by atoms with Crippen molar-refractivity contribution < 1.29 is 17.9 Å². The zero-order chi connectivity index (χ0) is 6.62. The lowest BCUT2D eigenvalue weighted by molar-refractivity contribution is -0.126. The van der Waals surface area contributed by atoms with Crippen LogP contribution in [0.25, 0.3) is 0 Å². The molecular weight excluding hydrogens is 132 g/mol. The molecule has 0 aliphatic heterocycles. The summed E-state index contributed by atoms with van der Waals surface area (Å²) in [7, 11) is -3.14. The fourth-order valence-corrected chi connectivity index (χ4v) is 0.454. The van der Waals surface area contributed by atoms with Crippen molar-refractivity contribution in [1.29, 1.82) is 0 Å². The molecule has 48 valence electrons. The van der Waals surface area contributed by atoms with Crippen LogP contribution in [-0.2, 0) is 19.4 Å². The lowest BCUT2D eigenvalue weighted by Gasteiger charge is -1.91. The van der Waals surface area contributed by atoms with Crippen molar-refractivity contribution in [2.45, 2.75) is 0 Å². The van der Waals surface area contributed by atoms with Gasteiger partial charge in [-0.25, -0.2) is 8.42 Å². The average molecular weight is 138 g/mol. The molecule has 0 amide bonds. The first-order chi connectivity index (χ1) is 3.56. The van der Waals surface area contributed by atoms with Gasteiger partial charge in [-0.05, 0) is 0 Å². The summed E-state index contributed by atoms with van der Waals surface area (Å²) in [6.07, 6.45) is 0.983. The van der Waals surface area contributed by atoms with Crippen molar-refractivity contribution in [2.75, 3.05) is 12.2 Å². The van der Waals surface area contributed by atoms with E-state index < -0.39 is 15.8 Å². The van der Waals surface area contributed by atoms with Crippen LogP contribution in [0.5, 0.6) is 0 Å². The molecule has 0 aromatic rings. The highest BCUT2D eigenvalue weighted by atomic mass is 32.2. The Balaban J connectivity index is 3.57. The Hall–Kier alpha value is -0.580. The summed E-state index contributed by atoms with van der Waals surface area (Å²) in [5.74, 6) is -0.531. The van der Waals surface area contributed by atoms with E-state index in [2.05, 4.69) is 4.74 Å². The Labute approximate surface area is 47.4 Å². The van der Waals surface area contributed by atoms with Crippen LogP contribution in [0.4, 0.5) is 0 Å². The van der Waals surface area contributed by atoms with Gasteiger partial charge in [0.1, 0.15) is 0 Å². The summed E-state index contributed by atoms with van der Waals surface area (Å²) in [5.41, 5.74) is 0. The van der Waals surface area contributed by atoms with Gasteiger partial charge in [-0.15, -0.1) is 0 Å². The second-order valence-electron chi connectivity index (χ2n) is 1.31. The summed E-state index contributed by atoms with van der Waals surface area (Å²) >= 11 is 0. The van der Waals surface area contributed by atoms with Gasteiger partial charge in [0, 0.05) is 6.26 Å². The monoisotopic (exact) mass is 138 g/mol. The molecule has 4 nitrogen and oxygen atoms in total. The first kappa shape index (κ1) is 7.42. The van der Waals surface area contributed by atoms with Crippen LogP contribution in [0, 0.1) is 0 Å². The third-order valence-electron chi connectivity index (χ3n) is 0.350. The van der Waals surface area contributed by atoms with Gasteiger partial charge in [0.2, 0.25) is 0 Å². The maximum atomic E-state index is 10.1. The number of carbonyl (C=O) groups excluding carboxylic acids is 1. The van der Waals surface area contributed by atoms with Crippen molar-refractivity contribution in [3.05, 3.63) is 0 Å². The Morgan fingerprint density at radius 1 is 1.62 bits per heavy atom. The van der Waals surface area contributed by atoms with Crippen LogP contribution in [-0.4, -0.2) is 27.1 Å². The van der Waals surface area contributed by atoms with E-state index in [1.54, 1.807) is 0 Å². The minimum atomic E-state index is -3.14. The standard InChI is InChI=1S/C3H6O4S/c1-8(5,6)3-7-2-4/h2H,3H2,1H3. The number of hydrogen-bond acceptors (Lipinski definition) is 4. The smallest absolute Gasteiger partial charge is 0.294 e. The number of hydrogen-bond donors (Lipinski definition) is 0. The normalized spacial score (nSPS) is 10.6. The molecular formula is C3H6O4S. The van der Waals surface area contributed by atoms with E-state index in [0.717, 1.165) is 6.26 Å². The van der Waals surface area contributed by atoms with E-state index in [0.29, 0.717) is 0 Å². The van der Waals surface area contributed by atoms with Crippen molar-refractivity contribution in [3.63, 3.8) is 0 Å². The first-order valence-electron chi connectivity index (χ1n) is 1.79. The van der Waals surface area contributed by atoms with Crippen LogP contribution in [0.1, 0.15) is 0 Å². The molecule has 0 unspecified atom stereocenters. The zero-order valence-corrected chi connectivity index (χ0v) is 5.14. The van der Waals surface area contributed by atoms with Crippen LogP contribution in [0.2, 0.25) is 0 Å². The molecule has 0 rings (SSSR count). The number of rotatable bonds is 3. The van der Waals surface area contributed by atoms with Crippen molar-refractivity contribution in [3.8, 4) is 0 Å². The highest BCUT2D eigenvalue weighted by molar-refractivity contribution is 7.90. The van der Waals surface area contributed by atoms with Gasteiger partial charge in [0.25, 0.3) is 6.47 Å². The second-order valence-corrected chi connectivity index (χ2v) is 3.39. The molecule has 0 atom stereocenters. The van der Waals surface area contributed by atoms with Gasteiger partial charge < -0.3 is 4.74 Å². The summed E-state index contributed by atoms with van der Waals surface area (Å²) in [6, 6.07) is 0. The highest BCUT2D eigenvalue weighted by Gasteiger charge is 1.98. The Bertz CT molecular complexity index is 156. The predicted octanol–water partition coefficient (Wildman–Crippen LogP) is -0.839. The molecule has 0 aliphatic rings. The van der Waals surface area contributed by atoms with E-state index >= 15 is 0 Å². The molecule has 0 saturated heterocycles. The summed E-state index contributed by atoms with van der Waals surface area (Å²) in [6.45, 7) is 0.0983. The molecule has 0 aromatic carbocycles. The summed E-state index contributed by atoms with van der Waals surface area (Å²) < 4.78 is 24.1. The Morgan fingerprint density at radius 2 is 2.12 bits per heavy atom. The highest BCUT2D eigenvalue weighted by Crippen LogP contribution is 1.79. The van der Waals surface area contributed by atoms with Gasteiger partial charge in [0.15, 0.2) is 15.8 Å². The molecule has 5 heteroatoms. The number of sulfone groups is 1. The van der Waals surface area contributed by atoms with E-state index in [1.165, 1.54) is 0 Å². The molecule has 0 saturated carbocycles. The Kier molecular flexibility index (Phi) is 2.47. The largest absolute Gasteiger partial charge is 0.452 e. The van der Waals surface area contributed by atoms with Gasteiger partial charge in [0.05, 0.1) is 0 Å². The van der Waals surface area contributed by atoms with Crippen LogP contribution >= 0.6 is 0 Å². The Morgan fingerprint density at radius 3 is 2.25 bits per heavy atom. The van der Waals surface area contributed by atoms with Crippen LogP contribution in [0.15, 0.2) is 0 Å². The molecule has 0 bridgehead atoms. The average Bonchev–Trinajstić information content (AvgIpc) is 1.59. The molecule has 0 aliphatic carbocycles. The molecule has 0 spiro atoms. The SMILES string of the molecule is CS(=O)(=O)COC=O. The van der Waals surface area contributed by atoms with Crippen molar-refractivity contribution in [2.24, 2.45) is 0 Å². The lowest BCUT2D eigenvalue weighted by Crippen LogP contribution is -2.05. The van der Waals surface area contributed by atoms with Crippen molar-refractivity contribution >= 4 is 16.3 Å². The molecule has 8 heavy (non-hydrogen) atoms. The maximum absolute atomic E-state index is 10.1. The predicted molar refractivity (Wildman–Crippen MR) is 26.9 cm³/mol. The van der Waals surface area contributed by atoms with E-state index in [9.17, 15) is 13.2 Å². The molecule has 0 heterocycles. The van der Waals surface area contributed by atoms with Gasteiger partial charge >= 0.3 is 0 Å². The van der Waals surface area contributed by atoms with Gasteiger partial charge in [-0.3, -0.25) is 4.79 Å². The lowest BCUT2D eigenvalue weighted by atomic mass is 11.5. The zero-order valence-electron chi connectivity index (χ0n) is 4.33. The molecule has 0 aromatic heterocycles.